The first-order chi connectivity index (χ1) is 13.1. The summed E-state index contributed by atoms with van der Waals surface area (Å²) >= 11 is 0. The molecule has 136 valence electrons. The molecule has 2 atom stereocenters. The van der Waals surface area contributed by atoms with Gasteiger partial charge in [-0.2, -0.15) is 9.49 Å². The maximum atomic E-state index is 13.1. The van der Waals surface area contributed by atoms with Crippen LogP contribution in [0.5, 0.6) is 5.75 Å². The number of ether oxygens (including phenoxy) is 1. The lowest BCUT2D eigenvalue weighted by atomic mass is 10.0. The lowest BCUT2D eigenvalue weighted by molar-refractivity contribution is 0.180. The van der Waals surface area contributed by atoms with Crippen LogP contribution in [0.25, 0.3) is 16.6 Å². The van der Waals surface area contributed by atoms with Crippen LogP contribution in [0.3, 0.4) is 0 Å². The van der Waals surface area contributed by atoms with E-state index >= 15 is 0 Å². The zero-order valence-corrected chi connectivity index (χ0v) is 14.8. The van der Waals surface area contributed by atoms with E-state index in [0.717, 1.165) is 16.5 Å². The van der Waals surface area contributed by atoms with Crippen molar-refractivity contribution in [2.75, 3.05) is 0 Å². The molecular weight excluding hydrogens is 343 g/mol. The number of nitrogens with zero attached hydrogens (tertiary/aromatic N) is 3. The van der Waals surface area contributed by atoms with Crippen LogP contribution in [0.4, 0.5) is 4.39 Å². The van der Waals surface area contributed by atoms with Gasteiger partial charge in [-0.1, -0.05) is 30.3 Å². The van der Waals surface area contributed by atoms with Gasteiger partial charge in [-0.25, -0.2) is 9.67 Å². The normalized spacial score (nSPS) is 13.4. The van der Waals surface area contributed by atoms with Gasteiger partial charge in [-0.05, 0) is 42.8 Å². The van der Waals surface area contributed by atoms with Gasteiger partial charge in [0, 0.05) is 11.4 Å². The third-order valence-corrected chi connectivity index (χ3v) is 4.36. The molecule has 2 N–H and O–H groups in total. The molecule has 0 aliphatic carbocycles. The number of hydrogen-bond acceptors (Lipinski definition) is 4. The smallest absolute Gasteiger partial charge is 0.212 e. The third kappa shape index (κ3) is 3.52. The molecule has 0 saturated carbocycles. The second-order valence-electron chi connectivity index (χ2n) is 6.42. The molecule has 0 amide bonds. The minimum atomic E-state index is -0.520. The van der Waals surface area contributed by atoms with E-state index in [1.165, 1.54) is 12.3 Å². The van der Waals surface area contributed by atoms with Gasteiger partial charge < -0.3 is 10.5 Å². The van der Waals surface area contributed by atoms with Crippen molar-refractivity contribution in [1.82, 2.24) is 14.8 Å². The van der Waals surface area contributed by atoms with Gasteiger partial charge in [0.1, 0.15) is 11.9 Å². The van der Waals surface area contributed by atoms with E-state index in [0.29, 0.717) is 11.4 Å². The number of rotatable bonds is 5. The first-order valence-corrected chi connectivity index (χ1v) is 8.69. The number of pyridine rings is 1. The molecule has 2 aromatic heterocycles. The fourth-order valence-electron chi connectivity index (χ4n) is 3.05. The van der Waals surface area contributed by atoms with E-state index in [1.807, 2.05) is 55.5 Å². The summed E-state index contributed by atoms with van der Waals surface area (Å²) in [4.78, 5) is 3.69. The van der Waals surface area contributed by atoms with Crippen molar-refractivity contribution in [3.8, 4) is 11.4 Å². The molecule has 27 heavy (non-hydrogen) atoms. The van der Waals surface area contributed by atoms with Crippen LogP contribution >= 0.6 is 0 Å². The summed E-state index contributed by atoms with van der Waals surface area (Å²) < 4.78 is 20.9. The second kappa shape index (κ2) is 7.17. The van der Waals surface area contributed by atoms with E-state index in [1.54, 1.807) is 16.9 Å². The molecule has 0 fully saturated rings. The Morgan fingerprint density at radius 3 is 2.56 bits per heavy atom. The Bertz CT molecular complexity index is 1040. The molecule has 2 heterocycles. The molecule has 0 aliphatic heterocycles. The van der Waals surface area contributed by atoms with Crippen LogP contribution in [-0.2, 0) is 0 Å². The highest BCUT2D eigenvalue weighted by Crippen LogP contribution is 2.28. The highest BCUT2D eigenvalue weighted by atomic mass is 19.1. The molecule has 0 saturated heterocycles. The van der Waals surface area contributed by atoms with Crippen molar-refractivity contribution in [3.05, 3.63) is 84.6 Å². The van der Waals surface area contributed by atoms with Crippen LogP contribution in [0.15, 0.2) is 73.1 Å². The van der Waals surface area contributed by atoms with Crippen molar-refractivity contribution in [1.29, 1.82) is 0 Å². The fraction of sp³-hybridized carbons (Fsp3) is 0.143. The Morgan fingerprint density at radius 2 is 1.85 bits per heavy atom. The molecule has 4 aromatic rings. The summed E-state index contributed by atoms with van der Waals surface area (Å²) in [6.45, 7) is 1.93. The Hall–Kier alpha value is -3.25. The Labute approximate surface area is 156 Å². The molecule has 0 bridgehead atoms. The largest absolute Gasteiger partial charge is 0.484 e. The lowest BCUT2D eigenvalue weighted by Gasteiger charge is -2.23. The summed E-state index contributed by atoms with van der Waals surface area (Å²) in [6.07, 6.45) is 2.95. The van der Waals surface area contributed by atoms with Crippen LogP contribution in [0.2, 0.25) is 0 Å². The topological polar surface area (TPSA) is 66.0 Å². The number of hydrogen-bond donors (Lipinski definition) is 1. The second-order valence-corrected chi connectivity index (χ2v) is 6.42. The van der Waals surface area contributed by atoms with E-state index < -0.39 is 5.95 Å². The summed E-state index contributed by atoms with van der Waals surface area (Å²) in [5.74, 6) is 0.194. The van der Waals surface area contributed by atoms with Gasteiger partial charge in [0.25, 0.3) is 0 Å². The number of aromatic nitrogens is 3. The molecule has 0 radical (unpaired) electrons. The SMILES string of the molecule is CC(N)C(Oc1ccc2c(cnn2-c2ccc(F)nc2)c1)c1ccccc1. The van der Waals surface area contributed by atoms with Crippen molar-refractivity contribution in [3.63, 3.8) is 0 Å². The standard InChI is InChI=1S/C21H19FN4O/c1-14(23)21(15-5-3-2-4-6-15)27-18-8-9-19-16(11-18)12-25-26(19)17-7-10-20(22)24-13-17/h2-14,21H,23H2,1H3. The summed E-state index contributed by atoms with van der Waals surface area (Å²) in [7, 11) is 0. The molecule has 4 rings (SSSR count). The highest BCUT2D eigenvalue weighted by molar-refractivity contribution is 5.81. The maximum absolute atomic E-state index is 13.1. The zero-order chi connectivity index (χ0) is 18.8. The molecule has 2 aromatic carbocycles. The van der Waals surface area contributed by atoms with Gasteiger partial charge in [0.2, 0.25) is 5.95 Å². The number of fused-ring (bicyclic) bond motifs is 1. The minimum absolute atomic E-state index is 0.170. The molecule has 2 unspecified atom stereocenters. The first-order valence-electron chi connectivity index (χ1n) is 8.69. The van der Waals surface area contributed by atoms with Crippen LogP contribution in [-0.4, -0.2) is 20.8 Å². The Balaban J connectivity index is 1.65. The van der Waals surface area contributed by atoms with E-state index in [9.17, 15) is 4.39 Å². The predicted molar refractivity (Wildman–Crippen MR) is 102 cm³/mol. The summed E-state index contributed by atoms with van der Waals surface area (Å²) in [5.41, 5.74) is 8.75. The average Bonchev–Trinajstić information content (AvgIpc) is 3.10. The average molecular weight is 362 g/mol. The quantitative estimate of drug-likeness (QED) is 0.545. The third-order valence-electron chi connectivity index (χ3n) is 4.36. The van der Waals surface area contributed by atoms with E-state index in [2.05, 4.69) is 10.1 Å². The van der Waals surface area contributed by atoms with Crippen LogP contribution < -0.4 is 10.5 Å². The van der Waals surface area contributed by atoms with Crippen molar-refractivity contribution >= 4 is 10.9 Å². The van der Waals surface area contributed by atoms with Crippen molar-refractivity contribution in [2.45, 2.75) is 19.1 Å². The van der Waals surface area contributed by atoms with Crippen LogP contribution in [0.1, 0.15) is 18.6 Å². The highest BCUT2D eigenvalue weighted by Gasteiger charge is 2.18. The number of nitrogens with two attached hydrogens (primary N) is 1. The van der Waals surface area contributed by atoms with Gasteiger partial charge in [0.05, 0.1) is 23.6 Å². The van der Waals surface area contributed by atoms with Crippen molar-refractivity contribution in [2.24, 2.45) is 5.73 Å². The Kier molecular flexibility index (Phi) is 4.56. The lowest BCUT2D eigenvalue weighted by Crippen LogP contribution is -2.29. The molecule has 6 heteroatoms. The molecule has 0 spiro atoms. The minimum Gasteiger partial charge on any atom is -0.484 e. The summed E-state index contributed by atoms with van der Waals surface area (Å²) in [6, 6.07) is 18.4. The maximum Gasteiger partial charge on any atom is 0.212 e. The molecular formula is C21H19FN4O. The van der Waals surface area contributed by atoms with Crippen LogP contribution in [0, 0.1) is 5.95 Å². The van der Waals surface area contributed by atoms with Gasteiger partial charge in [-0.3, -0.25) is 0 Å². The van der Waals surface area contributed by atoms with Gasteiger partial charge in [0.15, 0.2) is 0 Å². The summed E-state index contributed by atoms with van der Waals surface area (Å²) in [5, 5.41) is 5.29. The van der Waals surface area contributed by atoms with Gasteiger partial charge >= 0.3 is 0 Å². The molecule has 0 aliphatic rings. The van der Waals surface area contributed by atoms with Crippen molar-refractivity contribution < 1.29 is 9.13 Å². The monoisotopic (exact) mass is 362 g/mol. The van der Waals surface area contributed by atoms with E-state index in [4.69, 9.17) is 10.5 Å². The van der Waals surface area contributed by atoms with Gasteiger partial charge in [-0.15, -0.1) is 0 Å². The fourth-order valence-corrected chi connectivity index (χ4v) is 3.05. The van der Waals surface area contributed by atoms with E-state index in [-0.39, 0.29) is 12.1 Å². The first kappa shape index (κ1) is 17.2. The number of benzene rings is 2. The molecule has 5 nitrogen and oxygen atoms in total. The Morgan fingerprint density at radius 1 is 1.04 bits per heavy atom. The zero-order valence-electron chi connectivity index (χ0n) is 14.8. The predicted octanol–water partition coefficient (Wildman–Crippen LogP) is 4.03. The number of halogens is 1.